The number of aromatic nitrogens is 1. The third-order valence-electron chi connectivity index (χ3n) is 4.73. The Morgan fingerprint density at radius 1 is 0.828 bits per heavy atom. The molecule has 2 amide bonds. The second kappa shape index (κ2) is 8.69. The molecular weight excluding hydrogens is 362 g/mol. The van der Waals surface area contributed by atoms with E-state index in [4.69, 9.17) is 0 Å². The van der Waals surface area contributed by atoms with Crippen LogP contribution in [0, 0.1) is 13.8 Å². The number of para-hydroxylation sites is 1. The Bertz CT molecular complexity index is 1060. The number of hydrogen-bond acceptors (Lipinski definition) is 3. The molecule has 148 valence electrons. The van der Waals surface area contributed by atoms with Gasteiger partial charge in [0.1, 0.15) is 0 Å². The molecule has 0 aliphatic rings. The molecule has 5 heteroatoms. The topological polar surface area (TPSA) is 71.1 Å². The van der Waals surface area contributed by atoms with Crippen molar-refractivity contribution in [3.05, 3.63) is 88.7 Å². The minimum absolute atomic E-state index is 0.277. The van der Waals surface area contributed by atoms with Gasteiger partial charge in [0.25, 0.3) is 11.8 Å². The maximum atomic E-state index is 12.7. The average Bonchev–Trinajstić information content (AvgIpc) is 2.71. The first kappa shape index (κ1) is 20.3. The maximum Gasteiger partial charge on any atom is 0.257 e. The van der Waals surface area contributed by atoms with Crippen LogP contribution in [0.3, 0.4) is 0 Å². The van der Waals surface area contributed by atoms with Crippen LogP contribution in [0.4, 0.5) is 11.4 Å². The maximum absolute atomic E-state index is 12.7. The summed E-state index contributed by atoms with van der Waals surface area (Å²) in [5, 5.41) is 5.83. The number of carbonyl (C=O) groups excluding carboxylic acids is 2. The molecule has 29 heavy (non-hydrogen) atoms. The number of carbonyl (C=O) groups is 2. The Balaban J connectivity index is 1.79. The van der Waals surface area contributed by atoms with Crippen molar-refractivity contribution >= 4 is 23.2 Å². The van der Waals surface area contributed by atoms with Crippen molar-refractivity contribution in [1.29, 1.82) is 0 Å². The molecule has 0 saturated carbocycles. The van der Waals surface area contributed by atoms with Gasteiger partial charge in [-0.1, -0.05) is 44.2 Å². The highest BCUT2D eigenvalue weighted by Crippen LogP contribution is 2.24. The van der Waals surface area contributed by atoms with Gasteiger partial charge < -0.3 is 10.6 Å². The van der Waals surface area contributed by atoms with Crippen molar-refractivity contribution in [2.45, 2.75) is 33.6 Å². The Labute approximate surface area is 171 Å². The molecule has 2 N–H and O–H groups in total. The van der Waals surface area contributed by atoms with Crippen LogP contribution in [0.5, 0.6) is 0 Å². The van der Waals surface area contributed by atoms with Gasteiger partial charge in [-0.05, 0) is 54.7 Å². The number of amides is 2. The van der Waals surface area contributed by atoms with E-state index in [-0.39, 0.29) is 17.7 Å². The summed E-state index contributed by atoms with van der Waals surface area (Å²) in [5.74, 6) is -0.324. The minimum atomic E-state index is -0.302. The third kappa shape index (κ3) is 4.88. The molecule has 2 aromatic carbocycles. The molecule has 0 atom stereocenters. The minimum Gasteiger partial charge on any atom is -0.322 e. The van der Waals surface area contributed by atoms with E-state index in [1.807, 2.05) is 56.3 Å². The molecule has 1 aromatic heterocycles. The summed E-state index contributed by atoms with van der Waals surface area (Å²) in [6.07, 6.45) is 2.92. The molecule has 0 spiro atoms. The van der Waals surface area contributed by atoms with Gasteiger partial charge in [-0.25, -0.2) is 0 Å². The summed E-state index contributed by atoms with van der Waals surface area (Å²) in [6.45, 7) is 8.05. The zero-order valence-electron chi connectivity index (χ0n) is 17.1. The fourth-order valence-electron chi connectivity index (χ4n) is 3.06. The van der Waals surface area contributed by atoms with Crippen LogP contribution in [0.2, 0.25) is 0 Å². The predicted octanol–water partition coefficient (Wildman–Crippen LogP) is 5.33. The summed E-state index contributed by atoms with van der Waals surface area (Å²) in [6, 6.07) is 15.1. The number of hydrogen-bond donors (Lipinski definition) is 2. The molecule has 0 bridgehead atoms. The second-order valence-corrected chi connectivity index (χ2v) is 7.43. The van der Waals surface area contributed by atoms with E-state index in [2.05, 4.69) is 29.5 Å². The molecule has 0 saturated heterocycles. The highest BCUT2D eigenvalue weighted by atomic mass is 16.2. The first-order valence-corrected chi connectivity index (χ1v) is 9.59. The van der Waals surface area contributed by atoms with E-state index >= 15 is 0 Å². The van der Waals surface area contributed by atoms with Gasteiger partial charge in [0, 0.05) is 23.8 Å². The quantitative estimate of drug-likeness (QED) is 0.622. The number of nitrogens with one attached hydrogen (secondary N) is 2. The normalized spacial score (nSPS) is 10.7. The molecule has 0 fully saturated rings. The lowest BCUT2D eigenvalue weighted by Crippen LogP contribution is -2.17. The fourth-order valence-corrected chi connectivity index (χ4v) is 3.06. The van der Waals surface area contributed by atoms with Crippen molar-refractivity contribution in [1.82, 2.24) is 4.98 Å². The van der Waals surface area contributed by atoms with Gasteiger partial charge in [-0.3, -0.25) is 14.6 Å². The van der Waals surface area contributed by atoms with E-state index in [0.29, 0.717) is 11.1 Å². The number of anilines is 2. The lowest BCUT2D eigenvalue weighted by Gasteiger charge is -2.14. The average molecular weight is 387 g/mol. The first-order chi connectivity index (χ1) is 13.8. The lowest BCUT2D eigenvalue weighted by atomic mass is 10.0. The van der Waals surface area contributed by atoms with E-state index in [0.717, 1.165) is 28.1 Å². The monoisotopic (exact) mass is 387 g/mol. The smallest absolute Gasteiger partial charge is 0.257 e. The van der Waals surface area contributed by atoms with E-state index in [9.17, 15) is 9.59 Å². The Hall–Kier alpha value is -3.47. The van der Waals surface area contributed by atoms with Crippen LogP contribution in [0.25, 0.3) is 0 Å². The van der Waals surface area contributed by atoms with E-state index in [1.54, 1.807) is 6.07 Å². The van der Waals surface area contributed by atoms with E-state index in [1.165, 1.54) is 12.4 Å². The van der Waals surface area contributed by atoms with Crippen LogP contribution >= 0.6 is 0 Å². The van der Waals surface area contributed by atoms with E-state index < -0.39 is 0 Å². The summed E-state index contributed by atoms with van der Waals surface area (Å²) in [7, 11) is 0. The van der Waals surface area contributed by atoms with Crippen molar-refractivity contribution < 1.29 is 9.59 Å². The number of rotatable bonds is 5. The summed E-state index contributed by atoms with van der Waals surface area (Å²) in [5.41, 5.74) is 5.25. The van der Waals surface area contributed by atoms with Gasteiger partial charge in [-0.2, -0.15) is 0 Å². The predicted molar refractivity (Wildman–Crippen MR) is 117 cm³/mol. The second-order valence-electron chi connectivity index (χ2n) is 7.43. The highest BCUT2D eigenvalue weighted by molar-refractivity contribution is 6.08. The molecule has 1 heterocycles. The van der Waals surface area contributed by atoms with Crippen molar-refractivity contribution in [2.75, 3.05) is 10.6 Å². The Morgan fingerprint density at radius 3 is 2.10 bits per heavy atom. The fraction of sp³-hybridized carbons (Fsp3) is 0.208. The van der Waals surface area contributed by atoms with Crippen molar-refractivity contribution in [3.63, 3.8) is 0 Å². The number of nitrogens with zero attached hydrogens (tertiary/aromatic N) is 1. The zero-order valence-corrected chi connectivity index (χ0v) is 17.1. The van der Waals surface area contributed by atoms with Gasteiger partial charge in [0.15, 0.2) is 0 Å². The van der Waals surface area contributed by atoms with Crippen LogP contribution in [-0.4, -0.2) is 16.8 Å². The van der Waals surface area contributed by atoms with Crippen molar-refractivity contribution in [3.8, 4) is 0 Å². The van der Waals surface area contributed by atoms with Gasteiger partial charge >= 0.3 is 0 Å². The highest BCUT2D eigenvalue weighted by Gasteiger charge is 2.14. The summed E-state index contributed by atoms with van der Waals surface area (Å²) in [4.78, 5) is 29.5. The molecular formula is C24H25N3O2. The first-order valence-electron chi connectivity index (χ1n) is 9.59. The van der Waals surface area contributed by atoms with Crippen LogP contribution in [-0.2, 0) is 0 Å². The molecule has 3 aromatic rings. The molecule has 3 rings (SSSR count). The molecule has 0 unspecified atom stereocenters. The zero-order chi connectivity index (χ0) is 21.0. The lowest BCUT2D eigenvalue weighted by molar-refractivity contribution is 0.102. The Kier molecular flexibility index (Phi) is 6.07. The van der Waals surface area contributed by atoms with Crippen LogP contribution in [0.1, 0.15) is 57.2 Å². The third-order valence-corrected chi connectivity index (χ3v) is 4.73. The molecule has 0 aliphatic heterocycles. The molecule has 0 radical (unpaired) electrons. The Morgan fingerprint density at radius 2 is 1.45 bits per heavy atom. The van der Waals surface area contributed by atoms with Gasteiger partial charge in [0.2, 0.25) is 0 Å². The van der Waals surface area contributed by atoms with Crippen molar-refractivity contribution in [2.24, 2.45) is 0 Å². The standard InChI is InChI=1S/C24H25N3O2/c1-15(2)20-7-5-6-8-21(20)26-23(28)18-12-19(14-25-13-18)24(29)27-22-11-16(3)9-10-17(22)4/h5-15H,1-4H3,(H,26,28)(H,27,29). The molecule has 0 aliphatic carbocycles. The van der Waals surface area contributed by atoms with Gasteiger partial charge in [-0.15, -0.1) is 0 Å². The summed E-state index contributed by atoms with van der Waals surface area (Å²) < 4.78 is 0. The number of benzene rings is 2. The largest absolute Gasteiger partial charge is 0.322 e. The van der Waals surface area contributed by atoms with Crippen LogP contribution in [0.15, 0.2) is 60.9 Å². The SMILES string of the molecule is Cc1ccc(C)c(NC(=O)c2cncc(C(=O)Nc3ccccc3C(C)C)c2)c1. The van der Waals surface area contributed by atoms with Crippen LogP contribution < -0.4 is 10.6 Å². The summed E-state index contributed by atoms with van der Waals surface area (Å²) >= 11 is 0. The number of aryl methyl sites for hydroxylation is 2. The van der Waals surface area contributed by atoms with Gasteiger partial charge in [0.05, 0.1) is 11.1 Å². The molecule has 5 nitrogen and oxygen atoms in total. The number of pyridine rings is 1.